The summed E-state index contributed by atoms with van der Waals surface area (Å²) in [5.41, 5.74) is 1.67. The zero-order chi connectivity index (χ0) is 11.8. The van der Waals surface area contributed by atoms with Gasteiger partial charge >= 0.3 is 0 Å². The van der Waals surface area contributed by atoms with Gasteiger partial charge in [0.25, 0.3) is 0 Å². The number of halogens is 1. The molecule has 1 aliphatic carbocycles. The topological polar surface area (TPSA) is 41.1 Å². The molecule has 0 spiro atoms. The normalized spacial score (nSPS) is 27.2. The van der Waals surface area contributed by atoms with E-state index in [1.54, 1.807) is 6.07 Å². The van der Waals surface area contributed by atoms with Crippen LogP contribution in [0.25, 0.3) is 0 Å². The van der Waals surface area contributed by atoms with Gasteiger partial charge in [-0.25, -0.2) is 0 Å². The van der Waals surface area contributed by atoms with Crippen LogP contribution in [0.3, 0.4) is 0 Å². The van der Waals surface area contributed by atoms with Gasteiger partial charge in [-0.15, -0.1) is 0 Å². The number of rotatable bonds is 0. The molecule has 1 heterocycles. The van der Waals surface area contributed by atoms with Crippen LogP contribution in [0, 0.1) is 5.92 Å². The van der Waals surface area contributed by atoms with Crippen molar-refractivity contribution in [1.29, 1.82) is 0 Å². The predicted molar refractivity (Wildman–Crippen MR) is 69.5 cm³/mol. The van der Waals surface area contributed by atoms with Gasteiger partial charge in [-0.1, -0.05) is 30.5 Å². The minimum absolute atomic E-state index is 0.0761. The van der Waals surface area contributed by atoms with Crippen LogP contribution in [0.2, 0.25) is 5.02 Å². The first kappa shape index (κ1) is 10.9. The molecule has 0 bridgehead atoms. The van der Waals surface area contributed by atoms with Gasteiger partial charge in [0.15, 0.2) is 0 Å². The van der Waals surface area contributed by atoms with Crippen molar-refractivity contribution in [1.82, 2.24) is 0 Å². The first-order chi connectivity index (χ1) is 8.25. The van der Waals surface area contributed by atoms with Gasteiger partial charge in [0.05, 0.1) is 22.3 Å². The summed E-state index contributed by atoms with van der Waals surface area (Å²) >= 11 is 6.12. The average molecular weight is 251 g/mol. The Morgan fingerprint density at radius 1 is 1.24 bits per heavy atom. The third-order valence-corrected chi connectivity index (χ3v) is 4.02. The predicted octanol–water partition coefficient (Wildman–Crippen LogP) is 3.26. The summed E-state index contributed by atoms with van der Waals surface area (Å²) in [7, 11) is 0. The molecule has 1 saturated carbocycles. The highest BCUT2D eigenvalue weighted by atomic mass is 35.5. The molecule has 1 amide bonds. The van der Waals surface area contributed by atoms with Crippen LogP contribution < -0.4 is 10.6 Å². The summed E-state index contributed by atoms with van der Waals surface area (Å²) in [4.78, 5) is 12.2. The fourth-order valence-electron chi connectivity index (χ4n) is 2.80. The number of fused-ring (bicyclic) bond motifs is 2. The van der Waals surface area contributed by atoms with E-state index in [9.17, 15) is 4.79 Å². The molecule has 1 aliphatic heterocycles. The molecule has 2 atom stereocenters. The number of anilines is 2. The van der Waals surface area contributed by atoms with E-state index in [1.807, 2.05) is 12.1 Å². The lowest BCUT2D eigenvalue weighted by Gasteiger charge is -2.29. The van der Waals surface area contributed by atoms with E-state index >= 15 is 0 Å². The Balaban J connectivity index is 2.01. The molecule has 1 aromatic carbocycles. The van der Waals surface area contributed by atoms with E-state index in [0.717, 1.165) is 30.6 Å². The fraction of sp³-hybridized carbons (Fsp3) is 0.462. The second-order valence-electron chi connectivity index (χ2n) is 4.79. The van der Waals surface area contributed by atoms with Crippen LogP contribution in [0.1, 0.15) is 25.7 Å². The smallest absolute Gasteiger partial charge is 0.229 e. The molecule has 0 saturated heterocycles. The van der Waals surface area contributed by atoms with Crippen molar-refractivity contribution in [2.45, 2.75) is 31.7 Å². The number of nitrogens with one attached hydrogen (secondary N) is 2. The Labute approximate surface area is 106 Å². The highest BCUT2D eigenvalue weighted by molar-refractivity contribution is 6.34. The molecular weight excluding hydrogens is 236 g/mol. The van der Waals surface area contributed by atoms with E-state index in [-0.39, 0.29) is 17.9 Å². The van der Waals surface area contributed by atoms with E-state index in [0.29, 0.717) is 5.02 Å². The van der Waals surface area contributed by atoms with Gasteiger partial charge in [0.1, 0.15) is 0 Å². The molecule has 1 fully saturated rings. The molecule has 3 nitrogen and oxygen atoms in total. The highest BCUT2D eigenvalue weighted by Gasteiger charge is 2.34. The number of benzene rings is 1. The van der Waals surface area contributed by atoms with Crippen LogP contribution in [-0.2, 0) is 4.79 Å². The van der Waals surface area contributed by atoms with Crippen molar-refractivity contribution in [3.05, 3.63) is 23.2 Å². The van der Waals surface area contributed by atoms with Crippen molar-refractivity contribution >= 4 is 28.9 Å². The summed E-state index contributed by atoms with van der Waals surface area (Å²) in [6.07, 6.45) is 4.36. The Bertz CT molecular complexity index is 461. The van der Waals surface area contributed by atoms with E-state index in [4.69, 9.17) is 11.6 Å². The third kappa shape index (κ3) is 1.89. The second-order valence-corrected chi connectivity index (χ2v) is 5.20. The number of carbonyl (C=O) groups excluding carboxylic acids is 1. The SMILES string of the molecule is O=C1Nc2c(Cl)cccc2NC2CCCCC12. The lowest BCUT2D eigenvalue weighted by molar-refractivity contribution is -0.120. The van der Waals surface area contributed by atoms with Crippen molar-refractivity contribution in [3.8, 4) is 0 Å². The molecular formula is C13H15ClN2O. The van der Waals surface area contributed by atoms with E-state index in [2.05, 4.69) is 10.6 Å². The van der Waals surface area contributed by atoms with Crippen LogP contribution in [-0.4, -0.2) is 11.9 Å². The maximum Gasteiger partial charge on any atom is 0.229 e. The molecule has 0 aromatic heterocycles. The monoisotopic (exact) mass is 250 g/mol. The Hall–Kier alpha value is -1.22. The van der Waals surface area contributed by atoms with Gasteiger partial charge in [0.2, 0.25) is 5.91 Å². The standard InChI is InChI=1S/C13H15ClN2O/c14-9-5-3-7-11-12(9)16-13(17)8-4-1-2-6-10(8)15-11/h3,5,7-8,10,15H,1-2,4,6H2,(H,16,17). The van der Waals surface area contributed by atoms with E-state index < -0.39 is 0 Å². The van der Waals surface area contributed by atoms with Crippen molar-refractivity contribution < 1.29 is 4.79 Å². The number of hydrogen-bond donors (Lipinski definition) is 2. The molecule has 0 radical (unpaired) electrons. The molecule has 2 N–H and O–H groups in total. The zero-order valence-electron chi connectivity index (χ0n) is 9.50. The summed E-state index contributed by atoms with van der Waals surface area (Å²) in [5.74, 6) is 0.182. The van der Waals surface area contributed by atoms with E-state index in [1.165, 1.54) is 6.42 Å². The summed E-state index contributed by atoms with van der Waals surface area (Å²) in [5, 5.41) is 7.02. The van der Waals surface area contributed by atoms with Gasteiger partial charge in [0, 0.05) is 6.04 Å². The maximum absolute atomic E-state index is 12.2. The zero-order valence-corrected chi connectivity index (χ0v) is 10.3. The van der Waals surface area contributed by atoms with Gasteiger partial charge in [-0.2, -0.15) is 0 Å². The van der Waals surface area contributed by atoms with Crippen LogP contribution in [0.4, 0.5) is 11.4 Å². The van der Waals surface area contributed by atoms with Gasteiger partial charge < -0.3 is 10.6 Å². The van der Waals surface area contributed by atoms with Gasteiger partial charge in [-0.3, -0.25) is 4.79 Å². The lowest BCUT2D eigenvalue weighted by atomic mass is 9.84. The van der Waals surface area contributed by atoms with Crippen molar-refractivity contribution in [2.24, 2.45) is 5.92 Å². The largest absolute Gasteiger partial charge is 0.380 e. The summed E-state index contributed by atoms with van der Waals surface area (Å²) in [6, 6.07) is 5.93. The van der Waals surface area contributed by atoms with Crippen LogP contribution >= 0.6 is 11.6 Å². The summed E-state index contributed by atoms with van der Waals surface area (Å²) < 4.78 is 0. The Kier molecular flexibility index (Phi) is 2.71. The second kappa shape index (κ2) is 4.22. The lowest BCUT2D eigenvalue weighted by Crippen LogP contribution is -2.37. The van der Waals surface area contributed by atoms with Crippen molar-refractivity contribution in [2.75, 3.05) is 10.6 Å². The van der Waals surface area contributed by atoms with Crippen LogP contribution in [0.5, 0.6) is 0 Å². The highest BCUT2D eigenvalue weighted by Crippen LogP contribution is 2.37. The number of para-hydroxylation sites is 1. The molecule has 2 unspecified atom stereocenters. The number of hydrogen-bond acceptors (Lipinski definition) is 2. The fourth-order valence-corrected chi connectivity index (χ4v) is 3.03. The molecule has 17 heavy (non-hydrogen) atoms. The maximum atomic E-state index is 12.2. The van der Waals surface area contributed by atoms with Gasteiger partial charge in [-0.05, 0) is 25.0 Å². The first-order valence-corrected chi connectivity index (χ1v) is 6.49. The average Bonchev–Trinajstić information content (AvgIpc) is 2.47. The first-order valence-electron chi connectivity index (χ1n) is 6.11. The number of amides is 1. The summed E-state index contributed by atoms with van der Waals surface area (Å²) in [6.45, 7) is 0. The molecule has 90 valence electrons. The molecule has 3 rings (SSSR count). The molecule has 1 aromatic rings. The molecule has 4 heteroatoms. The minimum Gasteiger partial charge on any atom is -0.380 e. The number of carbonyl (C=O) groups is 1. The third-order valence-electron chi connectivity index (χ3n) is 3.71. The van der Waals surface area contributed by atoms with Crippen molar-refractivity contribution in [3.63, 3.8) is 0 Å². The Morgan fingerprint density at radius 2 is 2.06 bits per heavy atom. The quantitative estimate of drug-likeness (QED) is 0.742. The van der Waals surface area contributed by atoms with Crippen LogP contribution in [0.15, 0.2) is 18.2 Å². The molecule has 2 aliphatic rings. The Morgan fingerprint density at radius 3 is 2.94 bits per heavy atom. The minimum atomic E-state index is 0.0761.